The fourth-order valence-corrected chi connectivity index (χ4v) is 1.31. The fraction of sp³-hybridized carbons (Fsp3) is 0.636. The molecule has 0 aliphatic heterocycles. The number of rotatable bonds is 6. The van der Waals surface area contributed by atoms with Crippen molar-refractivity contribution >= 4 is 5.78 Å². The Morgan fingerprint density at radius 2 is 2.33 bits per heavy atom. The van der Waals surface area contributed by atoms with Gasteiger partial charge in [0.2, 0.25) is 5.78 Å². The highest BCUT2D eigenvalue weighted by molar-refractivity contribution is 5.94. The van der Waals surface area contributed by atoms with Gasteiger partial charge in [-0.2, -0.15) is 0 Å². The maximum Gasteiger partial charge on any atom is 0.211 e. The number of aromatic nitrogens is 2. The molecule has 0 fully saturated rings. The lowest BCUT2D eigenvalue weighted by Gasteiger charge is -2.10. The van der Waals surface area contributed by atoms with Gasteiger partial charge in [0, 0.05) is 25.0 Å². The molecule has 4 nitrogen and oxygen atoms in total. The summed E-state index contributed by atoms with van der Waals surface area (Å²) in [7, 11) is 0. The lowest BCUT2D eigenvalue weighted by molar-refractivity contribution is 0.0973. The third-order valence-corrected chi connectivity index (χ3v) is 2.53. The van der Waals surface area contributed by atoms with Crippen molar-refractivity contribution in [2.45, 2.75) is 39.8 Å². The van der Waals surface area contributed by atoms with Crippen LogP contribution in [0.25, 0.3) is 0 Å². The highest BCUT2D eigenvalue weighted by Crippen LogP contribution is 1.98. The minimum Gasteiger partial charge on any atom is -0.329 e. The van der Waals surface area contributed by atoms with Crippen LogP contribution in [-0.4, -0.2) is 27.9 Å². The molecule has 0 aliphatic rings. The molecule has 84 valence electrons. The zero-order valence-electron chi connectivity index (χ0n) is 9.66. The zero-order valence-corrected chi connectivity index (χ0v) is 9.66. The SMILES string of the molecule is CCC(C)NCC(=O)c1nccn1CC. The topological polar surface area (TPSA) is 46.9 Å². The Bertz CT molecular complexity index is 319. The van der Waals surface area contributed by atoms with Crippen LogP contribution in [0.3, 0.4) is 0 Å². The Morgan fingerprint density at radius 3 is 2.93 bits per heavy atom. The van der Waals surface area contributed by atoms with E-state index in [-0.39, 0.29) is 5.78 Å². The van der Waals surface area contributed by atoms with Gasteiger partial charge in [-0.25, -0.2) is 4.98 Å². The summed E-state index contributed by atoms with van der Waals surface area (Å²) in [5.41, 5.74) is 0. The maximum absolute atomic E-state index is 11.8. The van der Waals surface area contributed by atoms with Gasteiger partial charge < -0.3 is 9.88 Å². The van der Waals surface area contributed by atoms with E-state index >= 15 is 0 Å². The Morgan fingerprint density at radius 1 is 1.60 bits per heavy atom. The summed E-state index contributed by atoms with van der Waals surface area (Å²) in [6.07, 6.45) is 4.52. The number of nitrogens with one attached hydrogen (secondary N) is 1. The second-order valence-corrected chi connectivity index (χ2v) is 3.65. The fourth-order valence-electron chi connectivity index (χ4n) is 1.31. The summed E-state index contributed by atoms with van der Waals surface area (Å²) < 4.78 is 1.86. The Balaban J connectivity index is 2.54. The molecule has 0 amide bonds. The molecule has 0 saturated heterocycles. The minimum atomic E-state index is 0.0575. The second kappa shape index (κ2) is 5.66. The quantitative estimate of drug-likeness (QED) is 0.722. The van der Waals surface area contributed by atoms with E-state index in [1.54, 1.807) is 6.20 Å². The van der Waals surface area contributed by atoms with Crippen LogP contribution in [0.5, 0.6) is 0 Å². The van der Waals surface area contributed by atoms with E-state index in [0.717, 1.165) is 13.0 Å². The van der Waals surface area contributed by atoms with Crippen molar-refractivity contribution < 1.29 is 4.79 Å². The van der Waals surface area contributed by atoms with Crippen LogP contribution >= 0.6 is 0 Å². The monoisotopic (exact) mass is 209 g/mol. The van der Waals surface area contributed by atoms with Gasteiger partial charge in [0.05, 0.1) is 6.54 Å². The number of imidazole rings is 1. The van der Waals surface area contributed by atoms with Gasteiger partial charge in [0.1, 0.15) is 0 Å². The summed E-state index contributed by atoms with van der Waals surface area (Å²) in [6.45, 7) is 7.31. The summed E-state index contributed by atoms with van der Waals surface area (Å²) in [6, 6.07) is 0.374. The molecule has 0 aromatic carbocycles. The van der Waals surface area contributed by atoms with Crippen LogP contribution in [0, 0.1) is 0 Å². The van der Waals surface area contributed by atoms with Crippen molar-refractivity contribution in [2.75, 3.05) is 6.54 Å². The summed E-state index contributed by atoms with van der Waals surface area (Å²) in [5, 5.41) is 3.17. The Kier molecular flexibility index (Phi) is 4.49. The van der Waals surface area contributed by atoms with Crippen molar-refractivity contribution in [2.24, 2.45) is 0 Å². The molecule has 1 N–H and O–H groups in total. The highest BCUT2D eigenvalue weighted by atomic mass is 16.1. The first-order valence-electron chi connectivity index (χ1n) is 5.46. The van der Waals surface area contributed by atoms with Gasteiger partial charge in [0.25, 0.3) is 0 Å². The largest absolute Gasteiger partial charge is 0.329 e. The third kappa shape index (κ3) is 3.16. The molecular formula is C11H19N3O. The normalized spacial score (nSPS) is 12.7. The summed E-state index contributed by atoms with van der Waals surface area (Å²) in [4.78, 5) is 15.8. The second-order valence-electron chi connectivity index (χ2n) is 3.65. The van der Waals surface area contributed by atoms with Crippen molar-refractivity contribution in [3.05, 3.63) is 18.2 Å². The number of ketones is 1. The van der Waals surface area contributed by atoms with Crippen LogP contribution in [0.15, 0.2) is 12.4 Å². The molecule has 1 atom stereocenters. The van der Waals surface area contributed by atoms with Gasteiger partial charge >= 0.3 is 0 Å². The first-order valence-corrected chi connectivity index (χ1v) is 5.46. The predicted octanol–water partition coefficient (Wildman–Crippen LogP) is 1.47. The van der Waals surface area contributed by atoms with E-state index in [0.29, 0.717) is 18.4 Å². The zero-order chi connectivity index (χ0) is 11.3. The van der Waals surface area contributed by atoms with Gasteiger partial charge in [-0.3, -0.25) is 4.79 Å². The number of carbonyl (C=O) groups excluding carboxylic acids is 1. The van der Waals surface area contributed by atoms with E-state index in [4.69, 9.17) is 0 Å². The van der Waals surface area contributed by atoms with Crippen LogP contribution in [0.4, 0.5) is 0 Å². The average Bonchev–Trinajstić information content (AvgIpc) is 2.73. The number of Topliss-reactive ketones (excluding diaryl/α,β-unsaturated/α-hetero) is 1. The number of hydrogen-bond donors (Lipinski definition) is 1. The molecule has 0 bridgehead atoms. The molecule has 1 heterocycles. The lowest BCUT2D eigenvalue weighted by atomic mass is 10.2. The van der Waals surface area contributed by atoms with Crippen LogP contribution in [0.2, 0.25) is 0 Å². The molecule has 4 heteroatoms. The van der Waals surface area contributed by atoms with Crippen molar-refractivity contribution in [3.63, 3.8) is 0 Å². The van der Waals surface area contributed by atoms with Gasteiger partial charge in [0.15, 0.2) is 5.82 Å². The Hall–Kier alpha value is -1.16. The molecule has 0 aliphatic carbocycles. The molecule has 1 unspecified atom stereocenters. The number of carbonyl (C=O) groups is 1. The Labute approximate surface area is 90.7 Å². The van der Waals surface area contributed by atoms with E-state index in [1.807, 2.05) is 17.7 Å². The molecule has 1 aromatic heterocycles. The molecule has 0 radical (unpaired) electrons. The molecular weight excluding hydrogens is 190 g/mol. The van der Waals surface area contributed by atoms with Gasteiger partial charge in [-0.1, -0.05) is 6.92 Å². The number of aryl methyl sites for hydroxylation is 1. The first kappa shape index (κ1) is 11.9. The van der Waals surface area contributed by atoms with E-state index in [9.17, 15) is 4.79 Å². The van der Waals surface area contributed by atoms with E-state index in [2.05, 4.69) is 24.1 Å². The molecule has 0 spiro atoms. The first-order chi connectivity index (χ1) is 7.19. The van der Waals surface area contributed by atoms with Crippen LogP contribution in [0.1, 0.15) is 37.8 Å². The standard InChI is InChI=1S/C11H19N3O/c1-4-9(3)13-8-10(15)11-12-6-7-14(11)5-2/h6-7,9,13H,4-5,8H2,1-3H3. The number of nitrogens with zero attached hydrogens (tertiary/aromatic N) is 2. The smallest absolute Gasteiger partial charge is 0.211 e. The van der Waals surface area contributed by atoms with E-state index < -0.39 is 0 Å². The lowest BCUT2D eigenvalue weighted by Crippen LogP contribution is -2.32. The molecule has 1 rings (SSSR count). The third-order valence-electron chi connectivity index (χ3n) is 2.53. The van der Waals surface area contributed by atoms with Gasteiger partial charge in [-0.15, -0.1) is 0 Å². The maximum atomic E-state index is 11.8. The predicted molar refractivity (Wildman–Crippen MR) is 60.0 cm³/mol. The van der Waals surface area contributed by atoms with Crippen molar-refractivity contribution in [1.82, 2.24) is 14.9 Å². The van der Waals surface area contributed by atoms with Crippen molar-refractivity contribution in [1.29, 1.82) is 0 Å². The molecule has 15 heavy (non-hydrogen) atoms. The summed E-state index contributed by atoms with van der Waals surface area (Å²) >= 11 is 0. The average molecular weight is 209 g/mol. The minimum absolute atomic E-state index is 0.0575. The summed E-state index contributed by atoms with van der Waals surface area (Å²) in [5.74, 6) is 0.607. The van der Waals surface area contributed by atoms with Crippen LogP contribution in [-0.2, 0) is 6.54 Å². The van der Waals surface area contributed by atoms with Crippen molar-refractivity contribution in [3.8, 4) is 0 Å². The van der Waals surface area contributed by atoms with Crippen LogP contribution < -0.4 is 5.32 Å². The van der Waals surface area contributed by atoms with E-state index in [1.165, 1.54) is 0 Å². The van der Waals surface area contributed by atoms with Gasteiger partial charge in [-0.05, 0) is 20.3 Å². The molecule has 0 saturated carbocycles. The highest BCUT2D eigenvalue weighted by Gasteiger charge is 2.12. The molecule has 1 aromatic rings. The number of hydrogen-bond acceptors (Lipinski definition) is 3.